The van der Waals surface area contributed by atoms with Crippen molar-refractivity contribution in [1.82, 2.24) is 14.9 Å². The monoisotopic (exact) mass is 479 g/mol. The van der Waals surface area contributed by atoms with Crippen molar-refractivity contribution in [2.24, 2.45) is 0 Å². The number of rotatable bonds is 6. The Balaban J connectivity index is 1.57. The van der Waals surface area contributed by atoms with Gasteiger partial charge in [-0.2, -0.15) is 0 Å². The van der Waals surface area contributed by atoms with E-state index < -0.39 is 23.7 Å². The van der Waals surface area contributed by atoms with Gasteiger partial charge in [0.2, 0.25) is 5.91 Å². The first-order chi connectivity index (χ1) is 16.2. The Kier molecular flexibility index (Phi) is 6.43. The summed E-state index contributed by atoms with van der Waals surface area (Å²) in [5.74, 6) is -2.72. The van der Waals surface area contributed by atoms with Gasteiger partial charge in [-0.25, -0.2) is 14.2 Å². The Morgan fingerprint density at radius 2 is 1.91 bits per heavy atom. The molecule has 7 nitrogen and oxygen atoms in total. The van der Waals surface area contributed by atoms with Crippen LogP contribution in [0.3, 0.4) is 0 Å². The van der Waals surface area contributed by atoms with Crippen molar-refractivity contribution in [3.63, 3.8) is 0 Å². The molecule has 0 aliphatic rings. The van der Waals surface area contributed by atoms with E-state index in [1.54, 1.807) is 36.4 Å². The van der Waals surface area contributed by atoms with Crippen LogP contribution >= 0.6 is 11.6 Å². The van der Waals surface area contributed by atoms with Gasteiger partial charge in [-0.3, -0.25) is 14.2 Å². The highest BCUT2D eigenvalue weighted by Crippen LogP contribution is 2.30. The lowest BCUT2D eigenvalue weighted by Gasteiger charge is -2.16. The van der Waals surface area contributed by atoms with Crippen LogP contribution in [0.15, 0.2) is 66.9 Å². The van der Waals surface area contributed by atoms with Crippen LogP contribution in [0, 0.1) is 5.82 Å². The number of aromatic nitrogens is 2. The molecule has 2 aromatic heterocycles. The third-order valence-electron chi connectivity index (χ3n) is 5.34. The Morgan fingerprint density at radius 3 is 2.62 bits per heavy atom. The normalized spacial score (nSPS) is 11.9. The van der Waals surface area contributed by atoms with Crippen LogP contribution in [0.1, 0.15) is 27.8 Å². The summed E-state index contributed by atoms with van der Waals surface area (Å²) in [6.45, 7) is 1.31. The first kappa shape index (κ1) is 23.1. The van der Waals surface area contributed by atoms with Crippen molar-refractivity contribution in [2.45, 2.75) is 19.4 Å². The molecule has 2 aromatic carbocycles. The SMILES string of the molecule is CC(=O)n1cccc1C(=O)NC(Cc1ccc2nc(-c3c(F)cccc3Cl)ccc2c1)C(=O)O. The smallest absolute Gasteiger partial charge is 0.326 e. The molecular formula is C25H19ClFN3O4. The van der Waals surface area contributed by atoms with Crippen LogP contribution in [0.5, 0.6) is 0 Å². The first-order valence-electron chi connectivity index (χ1n) is 10.3. The number of benzene rings is 2. The predicted molar refractivity (Wildman–Crippen MR) is 125 cm³/mol. The van der Waals surface area contributed by atoms with E-state index in [0.29, 0.717) is 16.8 Å². The van der Waals surface area contributed by atoms with Gasteiger partial charge in [-0.1, -0.05) is 29.8 Å². The van der Waals surface area contributed by atoms with Gasteiger partial charge in [0.25, 0.3) is 5.91 Å². The third-order valence-corrected chi connectivity index (χ3v) is 5.65. The fourth-order valence-electron chi connectivity index (χ4n) is 3.69. The molecule has 1 unspecified atom stereocenters. The summed E-state index contributed by atoms with van der Waals surface area (Å²) in [5.41, 5.74) is 1.88. The average molecular weight is 480 g/mol. The number of nitrogens with zero attached hydrogens (tertiary/aromatic N) is 2. The lowest BCUT2D eigenvalue weighted by atomic mass is 10.0. The zero-order chi connectivity index (χ0) is 24.4. The van der Waals surface area contributed by atoms with E-state index in [2.05, 4.69) is 10.3 Å². The summed E-state index contributed by atoms with van der Waals surface area (Å²) in [6.07, 6.45) is 1.45. The molecule has 2 heterocycles. The van der Waals surface area contributed by atoms with Crippen molar-refractivity contribution < 1.29 is 23.9 Å². The van der Waals surface area contributed by atoms with E-state index >= 15 is 0 Å². The molecule has 2 N–H and O–H groups in total. The van der Waals surface area contributed by atoms with Crippen molar-refractivity contribution in [3.8, 4) is 11.3 Å². The van der Waals surface area contributed by atoms with Crippen LogP contribution in [-0.2, 0) is 11.2 Å². The number of carboxylic acids is 1. The molecule has 4 aromatic rings. The molecule has 172 valence electrons. The second kappa shape index (κ2) is 9.44. The molecule has 1 atom stereocenters. The molecule has 0 aliphatic heterocycles. The average Bonchev–Trinajstić information content (AvgIpc) is 3.29. The van der Waals surface area contributed by atoms with Gasteiger partial charge in [0.15, 0.2) is 0 Å². The number of pyridine rings is 1. The van der Waals surface area contributed by atoms with E-state index in [1.807, 2.05) is 0 Å². The number of nitrogens with one attached hydrogen (secondary N) is 1. The molecule has 0 spiro atoms. The van der Waals surface area contributed by atoms with Gasteiger partial charge in [-0.05, 0) is 48.0 Å². The summed E-state index contributed by atoms with van der Waals surface area (Å²) in [7, 11) is 0. The van der Waals surface area contributed by atoms with Crippen LogP contribution in [0.2, 0.25) is 5.02 Å². The summed E-state index contributed by atoms with van der Waals surface area (Å²) in [6, 6.07) is 14.7. The summed E-state index contributed by atoms with van der Waals surface area (Å²) < 4.78 is 15.4. The second-order valence-corrected chi connectivity index (χ2v) is 8.08. The molecule has 0 saturated carbocycles. The number of fused-ring (bicyclic) bond motifs is 1. The Hall–Kier alpha value is -4.04. The number of hydrogen-bond donors (Lipinski definition) is 2. The van der Waals surface area contributed by atoms with E-state index in [0.717, 1.165) is 9.95 Å². The van der Waals surface area contributed by atoms with Crippen LogP contribution < -0.4 is 5.32 Å². The molecular weight excluding hydrogens is 461 g/mol. The Morgan fingerprint density at radius 1 is 1.12 bits per heavy atom. The maximum Gasteiger partial charge on any atom is 0.326 e. The lowest BCUT2D eigenvalue weighted by Crippen LogP contribution is -2.43. The van der Waals surface area contributed by atoms with E-state index in [9.17, 15) is 23.9 Å². The van der Waals surface area contributed by atoms with Crippen molar-refractivity contribution in [3.05, 3.63) is 89.0 Å². The second-order valence-electron chi connectivity index (χ2n) is 7.67. The molecule has 0 saturated heterocycles. The minimum absolute atomic E-state index is 0.0126. The predicted octanol–water partition coefficient (Wildman–Crippen LogP) is 4.58. The van der Waals surface area contributed by atoms with Gasteiger partial charge in [0.1, 0.15) is 17.6 Å². The summed E-state index contributed by atoms with van der Waals surface area (Å²) in [4.78, 5) is 40.5. The topological polar surface area (TPSA) is 101 Å². The number of carbonyl (C=O) groups is 3. The minimum atomic E-state index is -1.22. The van der Waals surface area contributed by atoms with Crippen molar-refractivity contribution in [1.29, 1.82) is 0 Å². The quantitative estimate of drug-likeness (QED) is 0.421. The maximum absolute atomic E-state index is 14.3. The van der Waals surface area contributed by atoms with Crippen molar-refractivity contribution >= 4 is 40.3 Å². The van der Waals surface area contributed by atoms with Gasteiger partial charge in [0, 0.05) is 24.9 Å². The number of carbonyl (C=O) groups excluding carboxylic acids is 2. The molecule has 0 bridgehead atoms. The molecule has 0 radical (unpaired) electrons. The number of carboxylic acid groups (broad SMARTS) is 1. The lowest BCUT2D eigenvalue weighted by molar-refractivity contribution is -0.139. The van der Waals surface area contributed by atoms with Crippen molar-refractivity contribution in [2.75, 3.05) is 0 Å². The maximum atomic E-state index is 14.3. The highest BCUT2D eigenvalue weighted by atomic mass is 35.5. The number of hydrogen-bond acceptors (Lipinski definition) is 4. The van der Waals surface area contributed by atoms with Crippen LogP contribution in [0.25, 0.3) is 22.2 Å². The van der Waals surface area contributed by atoms with E-state index in [1.165, 1.54) is 37.4 Å². The summed E-state index contributed by atoms with van der Waals surface area (Å²) in [5, 5.41) is 13.1. The molecule has 4 rings (SSSR count). The standard InChI is InChI=1S/C25H19ClFN3O4/c1-14(31)30-11-3-6-22(30)24(32)29-21(25(33)34)13-15-7-9-19-16(12-15)8-10-20(28-19)23-17(26)4-2-5-18(23)27/h2-12,21H,13H2,1H3,(H,29,32)(H,33,34). The number of halogens is 2. The first-order valence-corrected chi connectivity index (χ1v) is 10.7. The largest absolute Gasteiger partial charge is 0.480 e. The highest BCUT2D eigenvalue weighted by molar-refractivity contribution is 6.33. The molecule has 9 heteroatoms. The zero-order valence-electron chi connectivity index (χ0n) is 18.0. The van der Waals surface area contributed by atoms with Gasteiger partial charge < -0.3 is 10.4 Å². The Bertz CT molecular complexity index is 1410. The number of aliphatic carboxylic acids is 1. The van der Waals surface area contributed by atoms with Gasteiger partial charge in [0.05, 0.1) is 21.8 Å². The van der Waals surface area contributed by atoms with Crippen LogP contribution in [-0.4, -0.2) is 38.5 Å². The van der Waals surface area contributed by atoms with Gasteiger partial charge >= 0.3 is 5.97 Å². The minimum Gasteiger partial charge on any atom is -0.480 e. The Labute approximate surface area is 198 Å². The third kappa shape index (κ3) is 4.67. The van der Waals surface area contributed by atoms with Gasteiger partial charge in [-0.15, -0.1) is 0 Å². The van der Waals surface area contributed by atoms with E-state index in [-0.39, 0.29) is 28.6 Å². The zero-order valence-corrected chi connectivity index (χ0v) is 18.7. The molecule has 0 fully saturated rings. The fourth-order valence-corrected chi connectivity index (χ4v) is 3.95. The number of amides is 1. The molecule has 34 heavy (non-hydrogen) atoms. The molecule has 1 amide bonds. The van der Waals surface area contributed by atoms with E-state index in [4.69, 9.17) is 11.6 Å². The molecule has 0 aliphatic carbocycles. The summed E-state index contributed by atoms with van der Waals surface area (Å²) >= 11 is 6.14. The van der Waals surface area contributed by atoms with Crippen LogP contribution in [0.4, 0.5) is 4.39 Å². The highest BCUT2D eigenvalue weighted by Gasteiger charge is 2.23. The fraction of sp³-hybridized carbons (Fsp3) is 0.120.